The Morgan fingerprint density at radius 1 is 0.895 bits per heavy atom. The highest BCUT2D eigenvalue weighted by atomic mass is 32.2. The molecule has 38 heavy (non-hydrogen) atoms. The number of carbonyl (C=O) groups excluding carboxylic acids is 1. The molecule has 0 aliphatic heterocycles. The Bertz CT molecular complexity index is 1430. The number of carbonyl (C=O) groups is 1. The molecule has 200 valence electrons. The largest absolute Gasteiger partial charge is 0.496 e. The molecule has 0 unspecified atom stereocenters. The van der Waals surface area contributed by atoms with Crippen molar-refractivity contribution in [3.05, 3.63) is 82.7 Å². The van der Waals surface area contributed by atoms with E-state index in [9.17, 15) is 17.6 Å². The van der Waals surface area contributed by atoms with Crippen molar-refractivity contribution in [2.24, 2.45) is 0 Å². The summed E-state index contributed by atoms with van der Waals surface area (Å²) in [5.74, 6) is 0.173. The second-order valence-corrected chi connectivity index (χ2v) is 9.67. The molecule has 0 aliphatic carbocycles. The quantitative estimate of drug-likeness (QED) is 0.353. The summed E-state index contributed by atoms with van der Waals surface area (Å²) in [5, 5.41) is 3.61. The molecular weight excluding hydrogens is 515 g/mol. The minimum atomic E-state index is -3.80. The zero-order chi connectivity index (χ0) is 27.7. The fraction of sp³-hybridized carbons (Fsp3) is 0.185. The van der Waals surface area contributed by atoms with Gasteiger partial charge in [0.05, 0.1) is 45.4 Å². The number of rotatable bonds is 11. The van der Waals surface area contributed by atoms with E-state index in [0.717, 1.165) is 5.41 Å². The summed E-state index contributed by atoms with van der Waals surface area (Å²) in [7, 11) is 2.00. The number of aromatic nitrogens is 1. The van der Waals surface area contributed by atoms with Crippen molar-refractivity contribution < 1.29 is 36.6 Å². The lowest BCUT2D eigenvalue weighted by Gasteiger charge is -2.12. The van der Waals surface area contributed by atoms with Crippen LogP contribution in [0, 0.1) is 5.82 Å². The van der Waals surface area contributed by atoms with E-state index in [0.29, 0.717) is 28.4 Å². The third-order valence-corrected chi connectivity index (χ3v) is 6.47. The van der Waals surface area contributed by atoms with E-state index >= 15 is 0 Å². The molecule has 9 nitrogen and oxygen atoms in total. The number of benzene rings is 2. The number of sulfone groups is 1. The van der Waals surface area contributed by atoms with Gasteiger partial charge in [0.2, 0.25) is 5.91 Å². The van der Waals surface area contributed by atoms with Crippen LogP contribution in [-0.4, -0.2) is 47.7 Å². The van der Waals surface area contributed by atoms with Gasteiger partial charge >= 0.3 is 0 Å². The Morgan fingerprint density at radius 3 is 2.11 bits per heavy atom. The maximum Gasteiger partial charge on any atom is 0.249 e. The molecule has 1 N–H and O–H groups in total. The van der Waals surface area contributed by atoms with Crippen LogP contribution in [0.1, 0.15) is 16.8 Å². The van der Waals surface area contributed by atoms with Gasteiger partial charge in [-0.3, -0.25) is 4.79 Å². The first-order valence-corrected chi connectivity index (χ1v) is 12.9. The molecule has 0 atom stereocenters. The van der Waals surface area contributed by atoms with Crippen molar-refractivity contribution in [3.63, 3.8) is 0 Å². The lowest BCUT2D eigenvalue weighted by Crippen LogP contribution is -2.12. The van der Waals surface area contributed by atoms with Gasteiger partial charge in [-0.2, -0.15) is 0 Å². The third-order valence-electron chi connectivity index (χ3n) is 5.22. The maximum atomic E-state index is 13.1. The summed E-state index contributed by atoms with van der Waals surface area (Å²) in [6, 6.07) is 11.8. The van der Waals surface area contributed by atoms with Crippen molar-refractivity contribution in [2.45, 2.75) is 5.75 Å². The monoisotopic (exact) mass is 542 g/mol. The summed E-state index contributed by atoms with van der Waals surface area (Å²) >= 11 is 0. The fourth-order valence-electron chi connectivity index (χ4n) is 3.35. The van der Waals surface area contributed by atoms with Gasteiger partial charge in [0, 0.05) is 23.6 Å². The summed E-state index contributed by atoms with van der Waals surface area (Å²) in [4.78, 5) is 16.7. The van der Waals surface area contributed by atoms with E-state index in [2.05, 4.69) is 10.3 Å². The number of pyridine rings is 1. The SMILES string of the molecule is COc1cc(OC)c(/C=C/S(=O)(=O)Cc2ccc(OC)c(NC(=O)/C=C\c3ccc(F)cc3)n2)c(OC)c1. The highest BCUT2D eigenvalue weighted by Crippen LogP contribution is 2.35. The molecule has 1 heterocycles. The molecular formula is C27H27FN2O7S. The lowest BCUT2D eigenvalue weighted by molar-refractivity contribution is -0.111. The molecule has 3 aromatic rings. The van der Waals surface area contributed by atoms with Crippen LogP contribution in [0.25, 0.3) is 12.2 Å². The topological polar surface area (TPSA) is 113 Å². The van der Waals surface area contributed by atoms with E-state index in [1.165, 1.54) is 83.1 Å². The summed E-state index contributed by atoms with van der Waals surface area (Å²) in [6.07, 6.45) is 4.12. The number of methoxy groups -OCH3 is 4. The normalized spacial score (nSPS) is 11.5. The summed E-state index contributed by atoms with van der Waals surface area (Å²) in [6.45, 7) is 0. The summed E-state index contributed by atoms with van der Waals surface area (Å²) in [5.41, 5.74) is 1.23. The molecule has 2 aromatic carbocycles. The Kier molecular flexibility index (Phi) is 9.44. The van der Waals surface area contributed by atoms with Gasteiger partial charge in [0.25, 0.3) is 0 Å². The van der Waals surface area contributed by atoms with Crippen LogP contribution in [0.2, 0.25) is 0 Å². The van der Waals surface area contributed by atoms with Gasteiger partial charge in [-0.05, 0) is 42.0 Å². The Morgan fingerprint density at radius 2 is 1.53 bits per heavy atom. The minimum Gasteiger partial charge on any atom is -0.496 e. The number of ether oxygens (including phenoxy) is 4. The first-order valence-electron chi connectivity index (χ1n) is 11.2. The number of halogens is 1. The Balaban J connectivity index is 1.79. The van der Waals surface area contributed by atoms with E-state index in [1.807, 2.05) is 0 Å². The van der Waals surface area contributed by atoms with Crippen LogP contribution < -0.4 is 24.3 Å². The van der Waals surface area contributed by atoms with Crippen LogP contribution in [0.5, 0.6) is 23.0 Å². The van der Waals surface area contributed by atoms with E-state index in [-0.39, 0.29) is 23.1 Å². The van der Waals surface area contributed by atoms with Crippen LogP contribution in [0.4, 0.5) is 10.2 Å². The van der Waals surface area contributed by atoms with Crippen LogP contribution in [0.15, 0.2) is 60.0 Å². The zero-order valence-electron chi connectivity index (χ0n) is 21.2. The van der Waals surface area contributed by atoms with Gasteiger partial charge < -0.3 is 24.3 Å². The predicted octanol–water partition coefficient (Wildman–Crippen LogP) is 4.49. The van der Waals surface area contributed by atoms with Crippen molar-refractivity contribution in [3.8, 4) is 23.0 Å². The second kappa shape index (κ2) is 12.7. The second-order valence-electron chi connectivity index (χ2n) is 7.78. The molecule has 0 fully saturated rings. The Hall–Kier alpha value is -4.38. The average molecular weight is 543 g/mol. The molecule has 0 bridgehead atoms. The maximum absolute atomic E-state index is 13.1. The molecule has 0 aliphatic rings. The van der Waals surface area contributed by atoms with Gasteiger partial charge in [-0.25, -0.2) is 17.8 Å². The van der Waals surface area contributed by atoms with Gasteiger partial charge in [0.15, 0.2) is 21.4 Å². The first-order chi connectivity index (χ1) is 18.2. The number of nitrogens with one attached hydrogen (secondary N) is 1. The molecule has 0 radical (unpaired) electrons. The van der Waals surface area contributed by atoms with Crippen LogP contribution >= 0.6 is 0 Å². The van der Waals surface area contributed by atoms with E-state index < -0.39 is 21.5 Å². The van der Waals surface area contributed by atoms with E-state index in [1.54, 1.807) is 12.1 Å². The molecule has 0 spiro atoms. The number of amides is 1. The van der Waals surface area contributed by atoms with Crippen molar-refractivity contribution >= 4 is 33.7 Å². The standard InChI is InChI=1S/C27H27FN2O7S/c1-34-21-15-24(36-3)22(25(16-21)37-4)13-14-38(32,33)17-20-10-11-23(35-2)27(29-20)30-26(31)12-7-18-5-8-19(28)9-6-18/h5-16H,17H2,1-4H3,(H,29,30,31)/b12-7-,14-13+. The minimum absolute atomic E-state index is 0.0522. The molecule has 3 rings (SSSR count). The highest BCUT2D eigenvalue weighted by molar-refractivity contribution is 7.93. The number of nitrogens with zero attached hydrogens (tertiary/aromatic N) is 1. The van der Waals surface area contributed by atoms with Gasteiger partial charge in [-0.15, -0.1) is 0 Å². The van der Waals surface area contributed by atoms with Crippen LogP contribution in [-0.2, 0) is 20.4 Å². The van der Waals surface area contributed by atoms with Crippen molar-refractivity contribution in [1.29, 1.82) is 0 Å². The van der Waals surface area contributed by atoms with Gasteiger partial charge in [0.1, 0.15) is 23.1 Å². The lowest BCUT2D eigenvalue weighted by atomic mass is 10.1. The molecule has 11 heteroatoms. The molecule has 0 saturated heterocycles. The zero-order valence-corrected chi connectivity index (χ0v) is 22.0. The number of hydrogen-bond donors (Lipinski definition) is 1. The molecule has 0 saturated carbocycles. The van der Waals surface area contributed by atoms with Crippen LogP contribution in [0.3, 0.4) is 0 Å². The third kappa shape index (κ3) is 7.56. The number of hydrogen-bond acceptors (Lipinski definition) is 8. The number of anilines is 1. The van der Waals surface area contributed by atoms with Crippen molar-refractivity contribution in [1.82, 2.24) is 4.98 Å². The average Bonchev–Trinajstić information content (AvgIpc) is 2.91. The smallest absolute Gasteiger partial charge is 0.249 e. The molecule has 1 amide bonds. The Labute approximate surface area is 220 Å². The summed E-state index contributed by atoms with van der Waals surface area (Å²) < 4.78 is 60.0. The van der Waals surface area contributed by atoms with E-state index in [4.69, 9.17) is 18.9 Å². The first kappa shape index (κ1) is 28.2. The molecule has 1 aromatic heterocycles. The van der Waals surface area contributed by atoms with Gasteiger partial charge in [-0.1, -0.05) is 12.1 Å². The van der Waals surface area contributed by atoms with Crippen molar-refractivity contribution in [2.75, 3.05) is 33.8 Å². The fourth-order valence-corrected chi connectivity index (χ4v) is 4.36. The predicted molar refractivity (Wildman–Crippen MR) is 143 cm³/mol. The highest BCUT2D eigenvalue weighted by Gasteiger charge is 2.16.